The molecule has 3 unspecified atom stereocenters. The standard InChI is InChI=1S/C58H111N2O6P/c1-6-8-10-12-14-16-18-20-22-24-26-27-28-29-30-31-32-34-35-37-39-41-43-45-47-49-51-57(61)56(55-66-67(63,64)65-54-53-60(3,4)5)59-58(62)52-50-48-46-44-42-40-38-36-33-25-23-21-19-17-15-13-11-9-7-2/h15,17,21,23,41,43,49,51,56-57,61H,6-14,16,18-20,22,24-40,42,44-48,50,52-55H2,1-5H3,(H-,59,62,63,64)/p+1/b17-15-,23-21-,43-41+,51-49+. The van der Waals surface area contributed by atoms with Crippen LogP contribution >= 0.6 is 7.82 Å². The molecule has 3 atom stereocenters. The Bertz CT molecular complexity index is 1230. The van der Waals surface area contributed by atoms with Crippen LogP contribution in [0.5, 0.6) is 0 Å². The van der Waals surface area contributed by atoms with E-state index in [2.05, 4.69) is 55.6 Å². The summed E-state index contributed by atoms with van der Waals surface area (Å²) in [7, 11) is 1.55. The van der Waals surface area contributed by atoms with E-state index in [9.17, 15) is 19.4 Å². The molecular formula is C58H112N2O6P+. The van der Waals surface area contributed by atoms with Crippen molar-refractivity contribution in [2.24, 2.45) is 0 Å². The molecule has 0 radical (unpaired) electrons. The first kappa shape index (κ1) is 65.5. The lowest BCUT2D eigenvalue weighted by Gasteiger charge is -2.25. The Morgan fingerprint density at radius 3 is 1.31 bits per heavy atom. The number of likely N-dealkylation sites (N-methyl/N-ethyl adjacent to an activating group) is 1. The van der Waals surface area contributed by atoms with Crippen molar-refractivity contribution in [1.29, 1.82) is 0 Å². The zero-order chi connectivity index (χ0) is 49.2. The molecule has 3 N–H and O–H groups in total. The van der Waals surface area contributed by atoms with Crippen molar-refractivity contribution in [1.82, 2.24) is 5.32 Å². The number of carbonyl (C=O) groups excluding carboxylic acids is 1. The first-order chi connectivity index (χ1) is 32.5. The van der Waals surface area contributed by atoms with Gasteiger partial charge in [0.05, 0.1) is 39.9 Å². The quantitative estimate of drug-likeness (QED) is 0.0243. The summed E-state index contributed by atoms with van der Waals surface area (Å²) in [5.74, 6) is -0.190. The van der Waals surface area contributed by atoms with Gasteiger partial charge in [0.15, 0.2) is 0 Å². The third kappa shape index (κ3) is 52.1. The van der Waals surface area contributed by atoms with Crippen LogP contribution in [-0.4, -0.2) is 73.4 Å². The molecule has 8 nitrogen and oxygen atoms in total. The Morgan fingerprint density at radius 2 is 0.866 bits per heavy atom. The lowest BCUT2D eigenvalue weighted by atomic mass is 10.0. The van der Waals surface area contributed by atoms with E-state index < -0.39 is 20.0 Å². The molecule has 0 aliphatic rings. The number of nitrogens with one attached hydrogen (secondary N) is 1. The molecule has 67 heavy (non-hydrogen) atoms. The van der Waals surface area contributed by atoms with Gasteiger partial charge in [-0.25, -0.2) is 4.57 Å². The van der Waals surface area contributed by atoms with Gasteiger partial charge < -0.3 is 19.8 Å². The number of unbranched alkanes of at least 4 members (excludes halogenated alkanes) is 33. The van der Waals surface area contributed by atoms with Crippen molar-refractivity contribution in [3.63, 3.8) is 0 Å². The van der Waals surface area contributed by atoms with Gasteiger partial charge in [0.2, 0.25) is 5.91 Å². The fourth-order valence-corrected chi connectivity index (χ4v) is 9.00. The van der Waals surface area contributed by atoms with Gasteiger partial charge in [-0.15, -0.1) is 0 Å². The number of phosphoric ester groups is 1. The Morgan fingerprint density at radius 1 is 0.507 bits per heavy atom. The van der Waals surface area contributed by atoms with Gasteiger partial charge in [-0.05, 0) is 64.2 Å². The highest BCUT2D eigenvalue weighted by molar-refractivity contribution is 7.47. The summed E-state index contributed by atoms with van der Waals surface area (Å²) in [5, 5.41) is 13.9. The van der Waals surface area contributed by atoms with Crippen molar-refractivity contribution in [3.8, 4) is 0 Å². The monoisotopic (exact) mass is 964 g/mol. The van der Waals surface area contributed by atoms with E-state index in [0.29, 0.717) is 17.4 Å². The fourth-order valence-electron chi connectivity index (χ4n) is 8.27. The number of carbonyl (C=O) groups is 1. The summed E-state index contributed by atoms with van der Waals surface area (Å²) in [5.41, 5.74) is 0. The average molecular weight is 965 g/mol. The normalized spacial score (nSPS) is 14.3. The number of aliphatic hydroxyl groups excluding tert-OH is 1. The van der Waals surface area contributed by atoms with Gasteiger partial charge in [0.1, 0.15) is 13.2 Å². The Kier molecular flexibility index (Phi) is 48.3. The fraction of sp³-hybridized carbons (Fsp3) is 0.845. The van der Waals surface area contributed by atoms with Crippen LogP contribution in [0.4, 0.5) is 0 Å². The minimum absolute atomic E-state index is 0.0546. The number of aliphatic hydroxyl groups is 1. The average Bonchev–Trinajstić information content (AvgIpc) is 3.29. The smallest absolute Gasteiger partial charge is 0.387 e. The molecule has 0 aromatic carbocycles. The number of rotatable bonds is 52. The highest BCUT2D eigenvalue weighted by Crippen LogP contribution is 2.43. The van der Waals surface area contributed by atoms with Crippen molar-refractivity contribution in [3.05, 3.63) is 48.6 Å². The number of allylic oxidation sites excluding steroid dienone is 7. The third-order valence-corrected chi connectivity index (χ3v) is 13.8. The Balaban J connectivity index is 4.26. The maximum atomic E-state index is 13.0. The lowest BCUT2D eigenvalue weighted by Crippen LogP contribution is -2.45. The lowest BCUT2D eigenvalue weighted by molar-refractivity contribution is -0.870. The Hall–Kier alpha value is -1.54. The zero-order valence-corrected chi connectivity index (χ0v) is 45.8. The predicted octanol–water partition coefficient (Wildman–Crippen LogP) is 17.2. The molecule has 394 valence electrons. The minimum Gasteiger partial charge on any atom is -0.387 e. The molecule has 0 aliphatic heterocycles. The number of hydrogen-bond donors (Lipinski definition) is 3. The third-order valence-electron chi connectivity index (χ3n) is 12.8. The molecule has 0 bridgehead atoms. The molecule has 0 saturated heterocycles. The van der Waals surface area contributed by atoms with E-state index >= 15 is 0 Å². The first-order valence-electron chi connectivity index (χ1n) is 28.5. The number of hydrogen-bond acceptors (Lipinski definition) is 5. The van der Waals surface area contributed by atoms with E-state index in [0.717, 1.165) is 44.9 Å². The highest BCUT2D eigenvalue weighted by Gasteiger charge is 2.27. The SMILES string of the molecule is CCCCC/C=C\C/C=C\CCCCCCCCCCCC(=O)NC(COP(=O)(O)OCC[N+](C)(C)C)C(O)/C=C/CC/C=C/CCCCCCCCCCCCCCCCCCCCCC. The molecule has 0 spiro atoms. The number of nitrogens with zero attached hydrogens (tertiary/aromatic N) is 1. The summed E-state index contributed by atoms with van der Waals surface area (Å²) < 4.78 is 23.7. The van der Waals surface area contributed by atoms with Gasteiger partial charge in [0.25, 0.3) is 0 Å². The molecule has 1 amide bonds. The summed E-state index contributed by atoms with van der Waals surface area (Å²) >= 11 is 0. The molecular weight excluding hydrogens is 852 g/mol. The van der Waals surface area contributed by atoms with Crippen LogP contribution in [0.1, 0.15) is 264 Å². The molecule has 9 heteroatoms. The van der Waals surface area contributed by atoms with Crippen LogP contribution in [-0.2, 0) is 18.4 Å². The Labute approximate surface area is 416 Å². The summed E-state index contributed by atoms with van der Waals surface area (Å²) in [6.45, 7) is 4.79. The first-order valence-corrected chi connectivity index (χ1v) is 30.0. The van der Waals surface area contributed by atoms with Gasteiger partial charge in [-0.1, -0.05) is 242 Å². The van der Waals surface area contributed by atoms with Gasteiger partial charge in [-0.3, -0.25) is 13.8 Å². The molecule has 0 aromatic rings. The summed E-state index contributed by atoms with van der Waals surface area (Å²) in [4.78, 5) is 23.3. The number of phosphoric acid groups is 1. The van der Waals surface area contributed by atoms with Crippen LogP contribution in [0.2, 0.25) is 0 Å². The molecule has 0 fully saturated rings. The zero-order valence-electron chi connectivity index (χ0n) is 44.9. The van der Waals surface area contributed by atoms with E-state index in [4.69, 9.17) is 9.05 Å². The van der Waals surface area contributed by atoms with E-state index in [1.165, 1.54) is 199 Å². The van der Waals surface area contributed by atoms with Crippen LogP contribution in [0.15, 0.2) is 48.6 Å². The maximum Gasteiger partial charge on any atom is 0.472 e. The van der Waals surface area contributed by atoms with Crippen LogP contribution in [0, 0.1) is 0 Å². The second-order valence-corrected chi connectivity index (χ2v) is 22.1. The minimum atomic E-state index is -4.36. The van der Waals surface area contributed by atoms with E-state index in [-0.39, 0.29) is 19.1 Å². The van der Waals surface area contributed by atoms with Gasteiger partial charge >= 0.3 is 7.82 Å². The molecule has 0 aliphatic carbocycles. The van der Waals surface area contributed by atoms with Crippen molar-refractivity contribution in [2.75, 3.05) is 40.9 Å². The molecule has 0 heterocycles. The molecule has 0 aromatic heterocycles. The number of quaternary nitrogens is 1. The maximum absolute atomic E-state index is 13.0. The van der Waals surface area contributed by atoms with E-state index in [1.807, 2.05) is 27.2 Å². The largest absolute Gasteiger partial charge is 0.472 e. The highest BCUT2D eigenvalue weighted by atomic mass is 31.2. The summed E-state index contributed by atoms with van der Waals surface area (Å²) in [6.07, 6.45) is 65.0. The van der Waals surface area contributed by atoms with Crippen LogP contribution in [0.3, 0.4) is 0 Å². The molecule has 0 rings (SSSR count). The molecule has 0 saturated carbocycles. The van der Waals surface area contributed by atoms with Crippen molar-refractivity contribution in [2.45, 2.75) is 276 Å². The predicted molar refractivity (Wildman–Crippen MR) is 291 cm³/mol. The topological polar surface area (TPSA) is 105 Å². The second kappa shape index (κ2) is 49.4. The van der Waals surface area contributed by atoms with E-state index in [1.54, 1.807) is 6.08 Å². The van der Waals surface area contributed by atoms with Gasteiger partial charge in [-0.2, -0.15) is 0 Å². The van der Waals surface area contributed by atoms with Gasteiger partial charge in [0, 0.05) is 6.42 Å². The van der Waals surface area contributed by atoms with Crippen LogP contribution < -0.4 is 5.32 Å². The number of amides is 1. The van der Waals surface area contributed by atoms with Crippen LogP contribution in [0.25, 0.3) is 0 Å². The van der Waals surface area contributed by atoms with Crippen molar-refractivity contribution >= 4 is 13.7 Å². The second-order valence-electron chi connectivity index (χ2n) is 20.7. The van der Waals surface area contributed by atoms with Crippen molar-refractivity contribution < 1.29 is 32.9 Å². The summed E-state index contributed by atoms with van der Waals surface area (Å²) in [6, 6.07) is -0.867.